The summed E-state index contributed by atoms with van der Waals surface area (Å²) < 4.78 is 0. The first-order valence-electron chi connectivity index (χ1n) is 10.3. The molecule has 0 bridgehead atoms. The predicted octanol–water partition coefficient (Wildman–Crippen LogP) is 2.65. The molecule has 1 heterocycles. The zero-order valence-corrected chi connectivity index (χ0v) is 17.4. The Labute approximate surface area is 174 Å². The van der Waals surface area contributed by atoms with Crippen LogP contribution in [0, 0.1) is 5.92 Å². The Morgan fingerprint density at radius 3 is 2.61 bits per heavy atom. The van der Waals surface area contributed by atoms with Crippen molar-refractivity contribution in [2.45, 2.75) is 38.5 Å². The van der Waals surface area contributed by atoms with Crippen molar-refractivity contribution in [1.82, 2.24) is 15.5 Å². The number of nitrogens with one attached hydrogen (secondary N) is 3. The highest BCUT2D eigenvalue weighted by Gasteiger charge is 2.21. The lowest BCUT2D eigenvalue weighted by molar-refractivity contribution is -0.120. The molecule has 156 valence electrons. The van der Waals surface area contributed by atoms with E-state index in [9.17, 15) is 9.59 Å². The van der Waals surface area contributed by atoms with E-state index >= 15 is 0 Å². The molecule has 0 spiro atoms. The van der Waals surface area contributed by atoms with Crippen LogP contribution in [-0.4, -0.2) is 56.0 Å². The standard InChI is InChI=1S/C21H32N4O2.ClH/c26-20(23-10-5-13-25-14-11-22-12-15-25)18-8-4-9-19(16-18)24-21(27)17-6-2-1-3-7-17;/h4,8-9,16-17,22H,1-3,5-7,10-15H2,(H,23,26)(H,24,27);1H. The molecule has 3 N–H and O–H groups in total. The average Bonchev–Trinajstić information content (AvgIpc) is 2.72. The molecule has 2 fully saturated rings. The number of rotatable bonds is 7. The summed E-state index contributed by atoms with van der Waals surface area (Å²) in [5, 5.41) is 9.32. The molecule has 0 unspecified atom stereocenters. The lowest BCUT2D eigenvalue weighted by Crippen LogP contribution is -2.44. The maximum atomic E-state index is 12.4. The van der Waals surface area contributed by atoms with E-state index < -0.39 is 0 Å². The lowest BCUT2D eigenvalue weighted by Gasteiger charge is -2.27. The van der Waals surface area contributed by atoms with Gasteiger partial charge in [-0.05, 0) is 44.0 Å². The fourth-order valence-electron chi connectivity index (χ4n) is 3.89. The number of carbonyl (C=O) groups excluding carboxylic acids is 2. The van der Waals surface area contributed by atoms with Gasteiger partial charge in [0.2, 0.25) is 5.91 Å². The van der Waals surface area contributed by atoms with Crippen LogP contribution in [0.3, 0.4) is 0 Å². The van der Waals surface area contributed by atoms with E-state index in [4.69, 9.17) is 0 Å². The molecule has 1 aromatic rings. The van der Waals surface area contributed by atoms with Gasteiger partial charge in [0.15, 0.2) is 0 Å². The molecule has 6 nitrogen and oxygen atoms in total. The summed E-state index contributed by atoms with van der Waals surface area (Å²) in [7, 11) is 0. The van der Waals surface area contributed by atoms with E-state index in [-0.39, 0.29) is 30.1 Å². The van der Waals surface area contributed by atoms with Gasteiger partial charge in [-0.15, -0.1) is 12.4 Å². The van der Waals surface area contributed by atoms with E-state index in [1.807, 2.05) is 12.1 Å². The molecule has 0 atom stereocenters. The number of piperazine rings is 1. The van der Waals surface area contributed by atoms with Gasteiger partial charge in [-0.3, -0.25) is 9.59 Å². The third-order valence-electron chi connectivity index (χ3n) is 5.51. The molecular weight excluding hydrogens is 376 g/mol. The molecule has 1 saturated heterocycles. The zero-order chi connectivity index (χ0) is 18.9. The second-order valence-electron chi connectivity index (χ2n) is 7.61. The number of hydrogen-bond donors (Lipinski definition) is 3. The van der Waals surface area contributed by atoms with Crippen molar-refractivity contribution in [3.63, 3.8) is 0 Å². The average molecular weight is 409 g/mol. The van der Waals surface area contributed by atoms with Crippen molar-refractivity contribution >= 4 is 29.9 Å². The van der Waals surface area contributed by atoms with E-state index in [0.717, 1.165) is 64.8 Å². The normalized spacial score (nSPS) is 18.1. The summed E-state index contributed by atoms with van der Waals surface area (Å²) in [6.45, 7) is 5.94. The molecule has 0 aromatic heterocycles. The highest BCUT2D eigenvalue weighted by molar-refractivity contribution is 5.97. The first kappa shape index (κ1) is 22.7. The highest BCUT2D eigenvalue weighted by Crippen LogP contribution is 2.25. The van der Waals surface area contributed by atoms with Gasteiger partial charge in [0.05, 0.1) is 0 Å². The van der Waals surface area contributed by atoms with E-state index in [1.54, 1.807) is 12.1 Å². The predicted molar refractivity (Wildman–Crippen MR) is 115 cm³/mol. The minimum absolute atomic E-state index is 0. The van der Waals surface area contributed by atoms with E-state index in [1.165, 1.54) is 6.42 Å². The molecule has 2 aliphatic rings. The molecule has 1 aromatic carbocycles. The third kappa shape index (κ3) is 7.08. The number of hydrogen-bond acceptors (Lipinski definition) is 4. The quantitative estimate of drug-likeness (QED) is 0.606. The zero-order valence-electron chi connectivity index (χ0n) is 16.5. The van der Waals surface area contributed by atoms with Crippen molar-refractivity contribution in [3.8, 4) is 0 Å². The van der Waals surface area contributed by atoms with Crippen LogP contribution < -0.4 is 16.0 Å². The minimum atomic E-state index is -0.0796. The van der Waals surface area contributed by atoms with Crippen LogP contribution in [-0.2, 0) is 4.79 Å². The molecule has 1 aliphatic carbocycles. The van der Waals surface area contributed by atoms with Crippen LogP contribution in [0.2, 0.25) is 0 Å². The Kier molecular flexibility index (Phi) is 9.75. The largest absolute Gasteiger partial charge is 0.352 e. The number of benzene rings is 1. The monoisotopic (exact) mass is 408 g/mol. The first-order chi connectivity index (χ1) is 13.2. The van der Waals surface area contributed by atoms with Crippen LogP contribution in [0.5, 0.6) is 0 Å². The Hall–Kier alpha value is -1.63. The number of carbonyl (C=O) groups is 2. The minimum Gasteiger partial charge on any atom is -0.352 e. The topological polar surface area (TPSA) is 73.5 Å². The summed E-state index contributed by atoms with van der Waals surface area (Å²) >= 11 is 0. The summed E-state index contributed by atoms with van der Waals surface area (Å²) in [5.74, 6) is 0.119. The molecule has 1 aliphatic heterocycles. The highest BCUT2D eigenvalue weighted by atomic mass is 35.5. The smallest absolute Gasteiger partial charge is 0.251 e. The van der Waals surface area contributed by atoms with Crippen LogP contribution in [0.15, 0.2) is 24.3 Å². The van der Waals surface area contributed by atoms with E-state index in [0.29, 0.717) is 17.8 Å². The Morgan fingerprint density at radius 1 is 1.11 bits per heavy atom. The first-order valence-corrected chi connectivity index (χ1v) is 10.3. The SMILES string of the molecule is Cl.O=C(NCCCN1CCNCC1)c1cccc(NC(=O)C2CCCCC2)c1. The molecule has 3 rings (SSSR count). The Balaban J connectivity index is 0.00000280. The summed E-state index contributed by atoms with van der Waals surface area (Å²) in [5.41, 5.74) is 1.30. The maximum absolute atomic E-state index is 12.4. The molecule has 0 radical (unpaired) electrons. The van der Waals surface area contributed by atoms with Crippen molar-refractivity contribution in [3.05, 3.63) is 29.8 Å². The molecule has 7 heteroatoms. The molecule has 1 saturated carbocycles. The van der Waals surface area contributed by atoms with Gasteiger partial charge in [0.1, 0.15) is 0 Å². The van der Waals surface area contributed by atoms with Gasteiger partial charge in [0, 0.05) is 49.9 Å². The van der Waals surface area contributed by atoms with Crippen LogP contribution in [0.25, 0.3) is 0 Å². The fourth-order valence-corrected chi connectivity index (χ4v) is 3.89. The van der Waals surface area contributed by atoms with Crippen molar-refractivity contribution in [1.29, 1.82) is 0 Å². The van der Waals surface area contributed by atoms with Gasteiger partial charge in [0.25, 0.3) is 5.91 Å². The maximum Gasteiger partial charge on any atom is 0.251 e. The summed E-state index contributed by atoms with van der Waals surface area (Å²) in [6, 6.07) is 7.24. The van der Waals surface area contributed by atoms with Gasteiger partial charge < -0.3 is 20.9 Å². The van der Waals surface area contributed by atoms with Crippen molar-refractivity contribution in [2.24, 2.45) is 5.92 Å². The van der Waals surface area contributed by atoms with Crippen LogP contribution in [0.1, 0.15) is 48.9 Å². The van der Waals surface area contributed by atoms with Gasteiger partial charge >= 0.3 is 0 Å². The number of amides is 2. The van der Waals surface area contributed by atoms with Gasteiger partial charge in [-0.1, -0.05) is 25.3 Å². The molecule has 28 heavy (non-hydrogen) atoms. The molecular formula is C21H33ClN4O2. The van der Waals surface area contributed by atoms with Gasteiger partial charge in [-0.25, -0.2) is 0 Å². The van der Waals surface area contributed by atoms with Crippen LogP contribution in [0.4, 0.5) is 5.69 Å². The Morgan fingerprint density at radius 2 is 1.86 bits per heavy atom. The van der Waals surface area contributed by atoms with E-state index in [2.05, 4.69) is 20.9 Å². The summed E-state index contributed by atoms with van der Waals surface area (Å²) in [4.78, 5) is 27.2. The number of anilines is 1. The van der Waals surface area contributed by atoms with Crippen molar-refractivity contribution < 1.29 is 9.59 Å². The fraction of sp³-hybridized carbons (Fsp3) is 0.619. The third-order valence-corrected chi connectivity index (χ3v) is 5.51. The lowest BCUT2D eigenvalue weighted by atomic mass is 9.88. The van der Waals surface area contributed by atoms with Gasteiger partial charge in [-0.2, -0.15) is 0 Å². The second kappa shape index (κ2) is 12.0. The second-order valence-corrected chi connectivity index (χ2v) is 7.61. The van der Waals surface area contributed by atoms with Crippen molar-refractivity contribution in [2.75, 3.05) is 44.6 Å². The van der Waals surface area contributed by atoms with Crippen LogP contribution >= 0.6 is 12.4 Å². The number of halogens is 1. The Bertz CT molecular complexity index is 629. The summed E-state index contributed by atoms with van der Waals surface area (Å²) in [6.07, 6.45) is 6.39. The number of nitrogens with zero attached hydrogens (tertiary/aromatic N) is 1. The molecule has 2 amide bonds.